The molecular formula is C10H6ClN3S. The van der Waals surface area contributed by atoms with Gasteiger partial charge in [-0.1, -0.05) is 23.7 Å². The zero-order valence-electron chi connectivity index (χ0n) is 7.57. The third kappa shape index (κ3) is 1.19. The summed E-state index contributed by atoms with van der Waals surface area (Å²) in [4.78, 5) is 9.04. The Morgan fingerprint density at radius 3 is 3.00 bits per heavy atom. The van der Waals surface area contributed by atoms with Crippen LogP contribution in [0.15, 0.2) is 24.5 Å². The first kappa shape index (κ1) is 8.88. The summed E-state index contributed by atoms with van der Waals surface area (Å²) in [6.45, 7) is 0. The molecule has 0 fully saturated rings. The van der Waals surface area contributed by atoms with E-state index in [-0.39, 0.29) is 0 Å². The van der Waals surface area contributed by atoms with Gasteiger partial charge in [-0.05, 0) is 6.07 Å². The molecule has 0 saturated heterocycles. The highest BCUT2D eigenvalue weighted by Gasteiger charge is 2.11. The van der Waals surface area contributed by atoms with E-state index in [0.717, 1.165) is 26.0 Å². The maximum atomic E-state index is 6.04. The summed E-state index contributed by atoms with van der Waals surface area (Å²) in [7, 11) is 0. The number of fused-ring (bicyclic) bond motifs is 3. The number of aromatic nitrogens is 2. The van der Waals surface area contributed by atoms with Crippen LogP contribution in [0.2, 0.25) is 5.15 Å². The minimum atomic E-state index is 0.483. The minimum Gasteiger partial charge on any atom is -0.398 e. The smallest absolute Gasteiger partial charge is 0.141 e. The van der Waals surface area contributed by atoms with Crippen molar-refractivity contribution in [2.75, 3.05) is 5.73 Å². The highest BCUT2D eigenvalue weighted by atomic mass is 35.5. The number of hydrogen-bond acceptors (Lipinski definition) is 4. The van der Waals surface area contributed by atoms with Crippen molar-refractivity contribution in [3.63, 3.8) is 0 Å². The van der Waals surface area contributed by atoms with Crippen LogP contribution in [0.25, 0.3) is 20.3 Å². The van der Waals surface area contributed by atoms with Crippen molar-refractivity contribution in [1.29, 1.82) is 0 Å². The van der Waals surface area contributed by atoms with Gasteiger partial charge in [-0.15, -0.1) is 11.3 Å². The first-order valence-electron chi connectivity index (χ1n) is 4.34. The molecule has 0 aliphatic carbocycles. The van der Waals surface area contributed by atoms with E-state index in [1.165, 1.54) is 6.33 Å². The second kappa shape index (κ2) is 3.05. The molecular weight excluding hydrogens is 230 g/mol. The summed E-state index contributed by atoms with van der Waals surface area (Å²) in [5, 5.41) is 2.41. The Hall–Kier alpha value is -1.39. The largest absolute Gasteiger partial charge is 0.398 e. The zero-order valence-corrected chi connectivity index (χ0v) is 9.14. The van der Waals surface area contributed by atoms with Gasteiger partial charge in [-0.3, -0.25) is 0 Å². The molecule has 0 aliphatic heterocycles. The van der Waals surface area contributed by atoms with Crippen LogP contribution in [-0.2, 0) is 0 Å². The molecule has 1 aromatic carbocycles. The molecule has 0 spiro atoms. The third-order valence-electron chi connectivity index (χ3n) is 2.28. The van der Waals surface area contributed by atoms with Crippen molar-refractivity contribution < 1.29 is 0 Å². The van der Waals surface area contributed by atoms with Crippen LogP contribution in [-0.4, -0.2) is 9.97 Å². The second-order valence-corrected chi connectivity index (χ2v) is 4.53. The molecule has 3 rings (SSSR count). The van der Waals surface area contributed by atoms with Gasteiger partial charge in [0.2, 0.25) is 0 Å². The summed E-state index contributed by atoms with van der Waals surface area (Å²) in [5.74, 6) is 0. The maximum absolute atomic E-state index is 6.04. The lowest BCUT2D eigenvalue weighted by Crippen LogP contribution is -1.82. The standard InChI is InChI=1S/C10H6ClN3S/c11-9-7-5-2-1-3-6(12)8(5)15-10(7)14-4-13-9/h1-4H,12H2. The Labute approximate surface area is 94.5 Å². The molecule has 2 aromatic heterocycles. The van der Waals surface area contributed by atoms with Gasteiger partial charge < -0.3 is 5.73 Å². The molecule has 0 amide bonds. The predicted molar refractivity (Wildman–Crippen MR) is 64.3 cm³/mol. The zero-order chi connectivity index (χ0) is 10.4. The van der Waals surface area contributed by atoms with Gasteiger partial charge in [0, 0.05) is 11.1 Å². The molecule has 0 atom stereocenters. The highest BCUT2D eigenvalue weighted by Crippen LogP contribution is 2.38. The normalized spacial score (nSPS) is 11.3. The fraction of sp³-hybridized carbons (Fsp3) is 0. The molecule has 0 radical (unpaired) electrons. The van der Waals surface area contributed by atoms with Crippen LogP contribution < -0.4 is 5.73 Å². The Kier molecular flexibility index (Phi) is 1.81. The summed E-state index contributed by atoms with van der Waals surface area (Å²) in [5.41, 5.74) is 6.65. The van der Waals surface area contributed by atoms with E-state index in [1.54, 1.807) is 11.3 Å². The molecule has 0 unspecified atom stereocenters. The second-order valence-electron chi connectivity index (χ2n) is 3.17. The number of rotatable bonds is 0. The molecule has 2 heterocycles. The van der Waals surface area contributed by atoms with Crippen LogP contribution >= 0.6 is 22.9 Å². The number of thiophene rings is 1. The third-order valence-corrected chi connectivity index (χ3v) is 3.73. The van der Waals surface area contributed by atoms with Gasteiger partial charge in [-0.25, -0.2) is 9.97 Å². The fourth-order valence-corrected chi connectivity index (χ4v) is 2.97. The van der Waals surface area contributed by atoms with Gasteiger partial charge in [0.25, 0.3) is 0 Å². The molecule has 0 aliphatic rings. The van der Waals surface area contributed by atoms with Crippen molar-refractivity contribution in [1.82, 2.24) is 9.97 Å². The van der Waals surface area contributed by atoms with Crippen molar-refractivity contribution >= 4 is 48.9 Å². The lowest BCUT2D eigenvalue weighted by Gasteiger charge is -1.94. The molecule has 5 heteroatoms. The summed E-state index contributed by atoms with van der Waals surface area (Å²) < 4.78 is 1.02. The number of halogens is 1. The van der Waals surface area contributed by atoms with Gasteiger partial charge in [-0.2, -0.15) is 0 Å². The Morgan fingerprint density at radius 1 is 1.27 bits per heavy atom. The topological polar surface area (TPSA) is 51.8 Å². The number of anilines is 1. The van der Waals surface area contributed by atoms with Crippen molar-refractivity contribution in [3.8, 4) is 0 Å². The van der Waals surface area contributed by atoms with Gasteiger partial charge in [0.1, 0.15) is 16.3 Å². The van der Waals surface area contributed by atoms with Crippen LogP contribution in [0.3, 0.4) is 0 Å². The maximum Gasteiger partial charge on any atom is 0.141 e. The average molecular weight is 236 g/mol. The molecule has 0 saturated carbocycles. The minimum absolute atomic E-state index is 0.483. The van der Waals surface area contributed by atoms with Crippen molar-refractivity contribution in [3.05, 3.63) is 29.7 Å². The molecule has 3 aromatic rings. The van der Waals surface area contributed by atoms with E-state index in [0.29, 0.717) is 5.15 Å². The van der Waals surface area contributed by atoms with Gasteiger partial charge in [0.15, 0.2) is 0 Å². The van der Waals surface area contributed by atoms with Crippen LogP contribution in [0.4, 0.5) is 5.69 Å². The predicted octanol–water partition coefficient (Wildman–Crippen LogP) is 3.08. The number of nitrogens with zero attached hydrogens (tertiary/aromatic N) is 2. The number of benzene rings is 1. The molecule has 0 bridgehead atoms. The van der Waals surface area contributed by atoms with Crippen LogP contribution in [0.5, 0.6) is 0 Å². The Bertz CT molecular complexity index is 662. The number of nitrogens with two attached hydrogens (primary N) is 1. The number of nitrogen functional groups attached to an aromatic ring is 1. The van der Waals surface area contributed by atoms with E-state index >= 15 is 0 Å². The van der Waals surface area contributed by atoms with Crippen LogP contribution in [0.1, 0.15) is 0 Å². The fourth-order valence-electron chi connectivity index (χ4n) is 1.62. The average Bonchev–Trinajstić information content (AvgIpc) is 2.59. The molecule has 74 valence electrons. The van der Waals surface area contributed by atoms with E-state index in [9.17, 15) is 0 Å². The first-order chi connectivity index (χ1) is 7.27. The van der Waals surface area contributed by atoms with E-state index < -0.39 is 0 Å². The number of hydrogen-bond donors (Lipinski definition) is 1. The van der Waals surface area contributed by atoms with Crippen molar-refractivity contribution in [2.45, 2.75) is 0 Å². The Morgan fingerprint density at radius 2 is 2.13 bits per heavy atom. The van der Waals surface area contributed by atoms with E-state index in [2.05, 4.69) is 9.97 Å². The monoisotopic (exact) mass is 235 g/mol. The molecule has 15 heavy (non-hydrogen) atoms. The van der Waals surface area contributed by atoms with Gasteiger partial charge >= 0.3 is 0 Å². The summed E-state index contributed by atoms with van der Waals surface area (Å²) in [6.07, 6.45) is 1.47. The highest BCUT2D eigenvalue weighted by molar-refractivity contribution is 7.26. The summed E-state index contributed by atoms with van der Waals surface area (Å²) >= 11 is 7.59. The lowest BCUT2D eigenvalue weighted by molar-refractivity contribution is 1.24. The quantitative estimate of drug-likeness (QED) is 0.481. The van der Waals surface area contributed by atoms with E-state index in [1.807, 2.05) is 18.2 Å². The Balaban J connectivity index is 2.65. The first-order valence-corrected chi connectivity index (χ1v) is 5.54. The van der Waals surface area contributed by atoms with Gasteiger partial charge in [0.05, 0.1) is 10.1 Å². The van der Waals surface area contributed by atoms with Crippen molar-refractivity contribution in [2.24, 2.45) is 0 Å². The summed E-state index contributed by atoms with van der Waals surface area (Å²) in [6, 6.07) is 5.77. The van der Waals surface area contributed by atoms with E-state index in [4.69, 9.17) is 17.3 Å². The van der Waals surface area contributed by atoms with Crippen LogP contribution in [0, 0.1) is 0 Å². The molecule has 2 N–H and O–H groups in total. The SMILES string of the molecule is Nc1cccc2c1sc1ncnc(Cl)c12. The molecule has 3 nitrogen and oxygen atoms in total. The lowest BCUT2D eigenvalue weighted by atomic mass is 10.2.